The first-order valence-electron chi connectivity index (χ1n) is 5.79. The Morgan fingerprint density at radius 1 is 1.43 bits per heavy atom. The fourth-order valence-electron chi connectivity index (χ4n) is 1.69. The molecule has 0 aliphatic carbocycles. The number of benzene rings is 1. The topological polar surface area (TPSA) is 105 Å². The van der Waals surface area contributed by atoms with E-state index in [0.29, 0.717) is 17.1 Å². The molecule has 0 aliphatic rings. The number of nitro groups is 1. The molecule has 2 N–H and O–H groups in total. The molecule has 7 nitrogen and oxygen atoms in total. The van der Waals surface area contributed by atoms with Crippen LogP contribution in [0.5, 0.6) is 0 Å². The van der Waals surface area contributed by atoms with E-state index in [-0.39, 0.29) is 16.3 Å². The van der Waals surface area contributed by atoms with E-state index in [1.54, 1.807) is 13.0 Å². The van der Waals surface area contributed by atoms with Crippen LogP contribution >= 0.6 is 11.6 Å². The zero-order valence-corrected chi connectivity index (χ0v) is 11.6. The fraction of sp³-hybridized carbons (Fsp3) is 0.0769. The largest absolute Gasteiger partial charge is 0.478 e. The number of anilines is 2. The van der Waals surface area contributed by atoms with Gasteiger partial charge in [-0.15, -0.1) is 0 Å². The minimum Gasteiger partial charge on any atom is -0.478 e. The third-order valence-corrected chi connectivity index (χ3v) is 3.06. The predicted octanol–water partition coefficient (Wildman–Crippen LogP) is 3.39. The van der Waals surface area contributed by atoms with Crippen molar-refractivity contribution in [1.82, 2.24) is 4.98 Å². The number of pyridine rings is 1. The van der Waals surface area contributed by atoms with Gasteiger partial charge in [0.25, 0.3) is 5.69 Å². The third-order valence-electron chi connectivity index (χ3n) is 2.73. The standard InChI is InChI=1S/C13H10ClN3O4/c1-7-4-9(17(20)21)6-15-12(7)16-8-2-3-11(14)10(5-8)13(18)19/h2-6H,1H3,(H,15,16)(H,18,19). The van der Waals surface area contributed by atoms with Crippen molar-refractivity contribution in [3.05, 3.63) is 56.7 Å². The number of aromatic carboxylic acids is 1. The third kappa shape index (κ3) is 3.26. The molecule has 2 rings (SSSR count). The Morgan fingerprint density at radius 2 is 2.14 bits per heavy atom. The van der Waals surface area contributed by atoms with Gasteiger partial charge >= 0.3 is 5.97 Å². The number of aromatic nitrogens is 1. The zero-order valence-electron chi connectivity index (χ0n) is 10.8. The van der Waals surface area contributed by atoms with E-state index in [9.17, 15) is 14.9 Å². The summed E-state index contributed by atoms with van der Waals surface area (Å²) in [5, 5.41) is 22.7. The SMILES string of the molecule is Cc1cc([N+](=O)[O-])cnc1Nc1ccc(Cl)c(C(=O)O)c1. The highest BCUT2D eigenvalue weighted by atomic mass is 35.5. The second kappa shape index (κ2) is 5.76. The molecule has 0 spiro atoms. The molecule has 0 unspecified atom stereocenters. The molecule has 0 saturated carbocycles. The van der Waals surface area contributed by atoms with Crippen LogP contribution in [0.3, 0.4) is 0 Å². The van der Waals surface area contributed by atoms with Gasteiger partial charge in [-0.2, -0.15) is 0 Å². The first-order chi connectivity index (χ1) is 9.88. The molecule has 0 amide bonds. The Hall–Kier alpha value is -2.67. The van der Waals surface area contributed by atoms with E-state index in [1.807, 2.05) is 0 Å². The number of nitrogens with zero attached hydrogens (tertiary/aromatic N) is 2. The van der Waals surface area contributed by atoms with E-state index in [2.05, 4.69) is 10.3 Å². The maximum atomic E-state index is 11.0. The van der Waals surface area contributed by atoms with E-state index in [1.165, 1.54) is 18.2 Å². The summed E-state index contributed by atoms with van der Waals surface area (Å²) in [5.74, 6) is -0.740. The maximum Gasteiger partial charge on any atom is 0.337 e. The first kappa shape index (κ1) is 14.7. The first-order valence-corrected chi connectivity index (χ1v) is 6.17. The Morgan fingerprint density at radius 3 is 2.71 bits per heavy atom. The molecule has 0 aliphatic heterocycles. The molecule has 1 heterocycles. The van der Waals surface area contributed by atoms with E-state index >= 15 is 0 Å². The minimum atomic E-state index is -1.14. The lowest BCUT2D eigenvalue weighted by molar-refractivity contribution is -0.385. The molecule has 0 radical (unpaired) electrons. The number of nitrogens with one attached hydrogen (secondary N) is 1. The van der Waals surface area contributed by atoms with Crippen molar-refractivity contribution in [2.24, 2.45) is 0 Å². The van der Waals surface area contributed by atoms with Gasteiger partial charge in [-0.1, -0.05) is 11.6 Å². The summed E-state index contributed by atoms with van der Waals surface area (Å²) >= 11 is 5.78. The lowest BCUT2D eigenvalue weighted by atomic mass is 10.2. The molecule has 108 valence electrons. The van der Waals surface area contributed by atoms with E-state index in [0.717, 1.165) is 6.20 Å². The normalized spacial score (nSPS) is 10.2. The molecule has 21 heavy (non-hydrogen) atoms. The number of hydrogen-bond acceptors (Lipinski definition) is 5. The smallest absolute Gasteiger partial charge is 0.337 e. The zero-order chi connectivity index (χ0) is 15.6. The van der Waals surface area contributed by atoms with Crippen LogP contribution in [-0.2, 0) is 0 Å². The minimum absolute atomic E-state index is 0.0405. The summed E-state index contributed by atoms with van der Waals surface area (Å²) in [7, 11) is 0. The molecule has 8 heteroatoms. The van der Waals surface area contributed by atoms with Crippen molar-refractivity contribution in [2.45, 2.75) is 6.92 Å². The highest BCUT2D eigenvalue weighted by Gasteiger charge is 2.12. The average molecular weight is 308 g/mol. The van der Waals surface area contributed by atoms with Crippen LogP contribution in [0, 0.1) is 17.0 Å². The van der Waals surface area contributed by atoms with Crippen molar-refractivity contribution < 1.29 is 14.8 Å². The van der Waals surface area contributed by atoms with Gasteiger partial charge in [0.1, 0.15) is 12.0 Å². The van der Waals surface area contributed by atoms with Crippen LogP contribution < -0.4 is 5.32 Å². The molecule has 1 aromatic heterocycles. The monoisotopic (exact) mass is 307 g/mol. The summed E-state index contributed by atoms with van der Waals surface area (Å²) in [6, 6.07) is 5.79. The van der Waals surface area contributed by atoms with Crippen LogP contribution in [0.1, 0.15) is 15.9 Å². The fourth-order valence-corrected chi connectivity index (χ4v) is 1.89. The Kier molecular flexibility index (Phi) is 4.04. The van der Waals surface area contributed by atoms with Crippen LogP contribution in [0.4, 0.5) is 17.2 Å². The van der Waals surface area contributed by atoms with E-state index in [4.69, 9.17) is 16.7 Å². The molecule has 0 bridgehead atoms. The lowest BCUT2D eigenvalue weighted by Crippen LogP contribution is -2.01. The van der Waals surface area contributed by atoms with Gasteiger partial charge in [0, 0.05) is 11.8 Å². The predicted molar refractivity (Wildman–Crippen MR) is 77.3 cm³/mol. The second-order valence-corrected chi connectivity index (χ2v) is 4.65. The van der Waals surface area contributed by atoms with Crippen molar-refractivity contribution >= 4 is 34.8 Å². The Bertz CT molecular complexity index is 733. The maximum absolute atomic E-state index is 11.0. The molecule has 0 atom stereocenters. The number of carboxylic acids is 1. The number of aryl methyl sites for hydroxylation is 1. The number of rotatable bonds is 4. The molecule has 1 aromatic carbocycles. The summed E-state index contributed by atoms with van der Waals surface area (Å²) < 4.78 is 0. The van der Waals surface area contributed by atoms with Gasteiger partial charge in [-0.05, 0) is 30.7 Å². The van der Waals surface area contributed by atoms with Crippen molar-refractivity contribution in [1.29, 1.82) is 0 Å². The van der Waals surface area contributed by atoms with Crippen LogP contribution in [-0.4, -0.2) is 21.0 Å². The van der Waals surface area contributed by atoms with Gasteiger partial charge < -0.3 is 10.4 Å². The van der Waals surface area contributed by atoms with Crippen LogP contribution in [0.2, 0.25) is 5.02 Å². The second-order valence-electron chi connectivity index (χ2n) is 4.24. The summed E-state index contributed by atoms with van der Waals surface area (Å²) in [6.07, 6.45) is 1.13. The number of hydrogen-bond donors (Lipinski definition) is 2. The van der Waals surface area contributed by atoms with Crippen molar-refractivity contribution in [3.63, 3.8) is 0 Å². The van der Waals surface area contributed by atoms with Gasteiger partial charge in [-0.25, -0.2) is 9.78 Å². The van der Waals surface area contributed by atoms with Gasteiger partial charge in [-0.3, -0.25) is 10.1 Å². The number of carboxylic acid groups (broad SMARTS) is 1. The summed E-state index contributed by atoms with van der Waals surface area (Å²) in [6.45, 7) is 1.66. The number of halogens is 1. The van der Waals surface area contributed by atoms with E-state index < -0.39 is 10.9 Å². The van der Waals surface area contributed by atoms with Gasteiger partial charge in [0.2, 0.25) is 0 Å². The molecule has 0 fully saturated rings. The molecule has 2 aromatic rings. The molecular weight excluding hydrogens is 298 g/mol. The Balaban J connectivity index is 2.32. The highest BCUT2D eigenvalue weighted by molar-refractivity contribution is 6.33. The molecule has 0 saturated heterocycles. The molecular formula is C13H10ClN3O4. The van der Waals surface area contributed by atoms with Gasteiger partial charge in [0.15, 0.2) is 0 Å². The van der Waals surface area contributed by atoms with Crippen LogP contribution in [0.25, 0.3) is 0 Å². The lowest BCUT2D eigenvalue weighted by Gasteiger charge is -2.09. The van der Waals surface area contributed by atoms with Crippen LogP contribution in [0.15, 0.2) is 30.5 Å². The van der Waals surface area contributed by atoms with Crippen molar-refractivity contribution in [2.75, 3.05) is 5.32 Å². The summed E-state index contributed by atoms with van der Waals surface area (Å²) in [4.78, 5) is 25.1. The summed E-state index contributed by atoms with van der Waals surface area (Å²) in [5.41, 5.74) is 0.888. The average Bonchev–Trinajstić information content (AvgIpc) is 2.42. The quantitative estimate of drug-likeness (QED) is 0.662. The number of carbonyl (C=O) groups is 1. The Labute approximate surface area is 124 Å². The van der Waals surface area contributed by atoms with Crippen molar-refractivity contribution in [3.8, 4) is 0 Å². The van der Waals surface area contributed by atoms with Gasteiger partial charge in [0.05, 0.1) is 15.5 Å². The highest BCUT2D eigenvalue weighted by Crippen LogP contribution is 2.25.